The number of anilines is 1. The van der Waals surface area contributed by atoms with Gasteiger partial charge in [0.2, 0.25) is 5.91 Å². The van der Waals surface area contributed by atoms with E-state index in [0.29, 0.717) is 6.54 Å². The number of unbranched alkanes of at least 4 members (excludes halogenated alkanes) is 1. The number of non-ortho nitro benzene ring substituents is 1. The second-order valence-electron chi connectivity index (χ2n) is 5.81. The smallest absolute Gasteiger partial charge is 0.271 e. The lowest BCUT2D eigenvalue weighted by atomic mass is 10.3. The standard InChI is InChI=1S/C18H21N3O5S/c1-2-3-12-19-18(22)14-20(15-8-7-9-16(13-15)21(23)24)27(25,26)17-10-5-4-6-11-17/h4-11,13H,2-3,12,14H2,1H3,(H,19,22). The fourth-order valence-electron chi connectivity index (χ4n) is 2.39. The third-order valence-electron chi connectivity index (χ3n) is 3.80. The molecule has 0 heterocycles. The lowest BCUT2D eigenvalue weighted by Gasteiger charge is -2.24. The fraction of sp³-hybridized carbons (Fsp3) is 0.278. The van der Waals surface area contributed by atoms with Gasteiger partial charge in [-0.1, -0.05) is 37.6 Å². The van der Waals surface area contributed by atoms with Crippen LogP contribution < -0.4 is 9.62 Å². The molecular formula is C18H21N3O5S. The van der Waals surface area contributed by atoms with Gasteiger partial charge in [-0.2, -0.15) is 0 Å². The number of benzene rings is 2. The van der Waals surface area contributed by atoms with Crippen molar-refractivity contribution in [1.82, 2.24) is 5.32 Å². The van der Waals surface area contributed by atoms with Gasteiger partial charge in [0, 0.05) is 18.7 Å². The average Bonchev–Trinajstić information content (AvgIpc) is 2.67. The molecule has 2 aromatic carbocycles. The zero-order valence-electron chi connectivity index (χ0n) is 14.9. The summed E-state index contributed by atoms with van der Waals surface area (Å²) in [6.07, 6.45) is 1.66. The third kappa shape index (κ3) is 5.27. The van der Waals surface area contributed by atoms with Crippen molar-refractivity contribution in [1.29, 1.82) is 0 Å². The maximum atomic E-state index is 13.1. The van der Waals surface area contributed by atoms with E-state index >= 15 is 0 Å². The summed E-state index contributed by atoms with van der Waals surface area (Å²) in [5.41, 5.74) is -0.203. The summed E-state index contributed by atoms with van der Waals surface area (Å²) >= 11 is 0. The molecule has 0 atom stereocenters. The van der Waals surface area contributed by atoms with Crippen LogP contribution in [-0.2, 0) is 14.8 Å². The summed E-state index contributed by atoms with van der Waals surface area (Å²) in [5.74, 6) is -0.477. The second kappa shape index (κ2) is 9.13. The molecule has 2 aromatic rings. The molecular weight excluding hydrogens is 370 g/mol. The molecule has 0 aliphatic heterocycles. The van der Waals surface area contributed by atoms with Crippen LogP contribution in [0.4, 0.5) is 11.4 Å². The van der Waals surface area contributed by atoms with Crippen LogP contribution in [0.15, 0.2) is 59.5 Å². The molecule has 0 spiro atoms. The van der Waals surface area contributed by atoms with Gasteiger partial charge in [0.05, 0.1) is 15.5 Å². The molecule has 0 radical (unpaired) electrons. The number of carbonyl (C=O) groups excluding carboxylic acids is 1. The minimum Gasteiger partial charge on any atom is -0.355 e. The lowest BCUT2D eigenvalue weighted by molar-refractivity contribution is -0.384. The normalized spacial score (nSPS) is 11.0. The molecule has 2 rings (SSSR count). The van der Waals surface area contributed by atoms with Gasteiger partial charge in [-0.15, -0.1) is 0 Å². The molecule has 27 heavy (non-hydrogen) atoms. The minimum atomic E-state index is -4.07. The maximum Gasteiger partial charge on any atom is 0.271 e. The van der Waals surface area contributed by atoms with E-state index in [0.717, 1.165) is 23.2 Å². The maximum absolute atomic E-state index is 13.1. The first-order chi connectivity index (χ1) is 12.9. The van der Waals surface area contributed by atoms with Crippen molar-refractivity contribution < 1.29 is 18.1 Å². The van der Waals surface area contributed by atoms with Crippen LogP contribution in [-0.4, -0.2) is 32.3 Å². The Labute approximate surface area is 158 Å². The van der Waals surface area contributed by atoms with E-state index in [1.165, 1.54) is 30.3 Å². The van der Waals surface area contributed by atoms with Gasteiger partial charge in [0.15, 0.2) is 0 Å². The Hall–Kier alpha value is -2.94. The number of nitrogens with zero attached hydrogens (tertiary/aromatic N) is 2. The highest BCUT2D eigenvalue weighted by Crippen LogP contribution is 2.26. The summed E-state index contributed by atoms with van der Waals surface area (Å²) in [4.78, 5) is 22.7. The van der Waals surface area contributed by atoms with Crippen molar-refractivity contribution in [2.45, 2.75) is 24.7 Å². The Balaban J connectivity index is 2.41. The van der Waals surface area contributed by atoms with Gasteiger partial charge in [0.25, 0.3) is 15.7 Å². The molecule has 0 bridgehead atoms. The molecule has 1 amide bonds. The molecule has 9 heteroatoms. The molecule has 0 saturated heterocycles. The SMILES string of the molecule is CCCCNC(=O)CN(c1cccc([N+](=O)[O-])c1)S(=O)(=O)c1ccccc1. The molecule has 0 aliphatic carbocycles. The molecule has 0 saturated carbocycles. The first kappa shape index (κ1) is 20.4. The molecule has 144 valence electrons. The summed E-state index contributed by atoms with van der Waals surface area (Å²) in [7, 11) is -4.07. The quantitative estimate of drug-likeness (QED) is 0.401. The first-order valence-electron chi connectivity index (χ1n) is 8.45. The summed E-state index contributed by atoms with van der Waals surface area (Å²) in [6.45, 7) is 1.94. The summed E-state index contributed by atoms with van der Waals surface area (Å²) < 4.78 is 27.0. The molecule has 0 aliphatic rings. The van der Waals surface area contributed by atoms with Crippen LogP contribution in [0.3, 0.4) is 0 Å². The monoisotopic (exact) mass is 391 g/mol. The van der Waals surface area contributed by atoms with E-state index in [1.807, 2.05) is 6.92 Å². The Morgan fingerprint density at radius 1 is 1.15 bits per heavy atom. The Morgan fingerprint density at radius 3 is 2.48 bits per heavy atom. The number of nitro groups is 1. The van der Waals surface area contributed by atoms with Crippen molar-refractivity contribution in [3.63, 3.8) is 0 Å². The number of nitro benzene ring substituents is 1. The van der Waals surface area contributed by atoms with E-state index in [9.17, 15) is 23.3 Å². The van der Waals surface area contributed by atoms with Gasteiger partial charge < -0.3 is 5.32 Å². The molecule has 1 N–H and O–H groups in total. The zero-order chi connectivity index (χ0) is 19.9. The minimum absolute atomic E-state index is 0.00198. The van der Waals surface area contributed by atoms with Crippen molar-refractivity contribution in [3.05, 3.63) is 64.7 Å². The Morgan fingerprint density at radius 2 is 1.85 bits per heavy atom. The fourth-order valence-corrected chi connectivity index (χ4v) is 3.82. The number of carbonyl (C=O) groups is 1. The third-order valence-corrected chi connectivity index (χ3v) is 5.59. The Bertz CT molecular complexity index is 900. The van der Waals surface area contributed by atoms with Crippen LogP contribution in [0.1, 0.15) is 19.8 Å². The molecule has 0 unspecified atom stereocenters. The van der Waals surface area contributed by atoms with Crippen LogP contribution >= 0.6 is 0 Å². The first-order valence-corrected chi connectivity index (χ1v) is 9.89. The number of sulfonamides is 1. The van der Waals surface area contributed by atoms with E-state index in [2.05, 4.69) is 5.32 Å². The van der Waals surface area contributed by atoms with Crippen LogP contribution in [0.5, 0.6) is 0 Å². The zero-order valence-corrected chi connectivity index (χ0v) is 15.7. The number of nitrogens with one attached hydrogen (secondary N) is 1. The van der Waals surface area contributed by atoms with E-state index < -0.39 is 27.4 Å². The van der Waals surface area contributed by atoms with Crippen molar-refractivity contribution >= 4 is 27.3 Å². The number of hydrogen-bond acceptors (Lipinski definition) is 5. The predicted molar refractivity (Wildman–Crippen MR) is 102 cm³/mol. The van der Waals surface area contributed by atoms with Crippen molar-refractivity contribution in [2.75, 3.05) is 17.4 Å². The largest absolute Gasteiger partial charge is 0.355 e. The van der Waals surface area contributed by atoms with E-state index in [1.54, 1.807) is 18.2 Å². The van der Waals surface area contributed by atoms with Crippen LogP contribution in [0.25, 0.3) is 0 Å². The second-order valence-corrected chi connectivity index (χ2v) is 7.67. The van der Waals surface area contributed by atoms with E-state index in [4.69, 9.17) is 0 Å². The number of rotatable bonds is 9. The van der Waals surface area contributed by atoms with Gasteiger partial charge in [-0.05, 0) is 24.6 Å². The average molecular weight is 391 g/mol. The number of hydrogen-bond donors (Lipinski definition) is 1. The highest BCUT2D eigenvalue weighted by molar-refractivity contribution is 7.92. The topological polar surface area (TPSA) is 110 Å². The van der Waals surface area contributed by atoms with Crippen LogP contribution in [0, 0.1) is 10.1 Å². The molecule has 0 aromatic heterocycles. The van der Waals surface area contributed by atoms with Gasteiger partial charge in [-0.25, -0.2) is 8.42 Å². The lowest BCUT2D eigenvalue weighted by Crippen LogP contribution is -2.41. The predicted octanol–water partition coefficient (Wildman–Crippen LogP) is 2.71. The number of amides is 1. The van der Waals surface area contributed by atoms with E-state index in [-0.39, 0.29) is 16.3 Å². The van der Waals surface area contributed by atoms with Gasteiger partial charge in [0.1, 0.15) is 6.54 Å². The summed E-state index contributed by atoms with van der Waals surface area (Å²) in [5, 5.41) is 13.7. The summed E-state index contributed by atoms with van der Waals surface area (Å²) in [6, 6.07) is 12.8. The van der Waals surface area contributed by atoms with Crippen molar-refractivity contribution in [3.8, 4) is 0 Å². The highest BCUT2D eigenvalue weighted by Gasteiger charge is 2.28. The highest BCUT2D eigenvalue weighted by atomic mass is 32.2. The van der Waals surface area contributed by atoms with Crippen molar-refractivity contribution in [2.24, 2.45) is 0 Å². The molecule has 8 nitrogen and oxygen atoms in total. The van der Waals surface area contributed by atoms with Crippen LogP contribution in [0.2, 0.25) is 0 Å². The van der Waals surface area contributed by atoms with Gasteiger partial charge in [-0.3, -0.25) is 19.2 Å². The van der Waals surface area contributed by atoms with Gasteiger partial charge >= 0.3 is 0 Å². The molecule has 0 fully saturated rings. The Kier molecular flexibility index (Phi) is 6.89.